The Morgan fingerprint density at radius 1 is 1.48 bits per heavy atom. The minimum Gasteiger partial charge on any atom is -0.344 e. The van der Waals surface area contributed by atoms with E-state index in [2.05, 4.69) is 0 Å². The van der Waals surface area contributed by atoms with Gasteiger partial charge in [-0.25, -0.2) is 0 Å². The first-order chi connectivity index (χ1) is 9.66. The standard InChI is InChI=1S/C13H20F3N3O2/c1-12(6-17)4-5-19(7-12)11(21)8-2-3-9(13(14,15)16)18-10(8)20/h8-9H,2-7,17H2,1H3,(H,18,20). The van der Waals surface area contributed by atoms with Crippen molar-refractivity contribution in [2.75, 3.05) is 19.6 Å². The number of hydrogen-bond acceptors (Lipinski definition) is 3. The van der Waals surface area contributed by atoms with Gasteiger partial charge in [-0.1, -0.05) is 6.92 Å². The Morgan fingerprint density at radius 2 is 2.14 bits per heavy atom. The van der Waals surface area contributed by atoms with E-state index >= 15 is 0 Å². The van der Waals surface area contributed by atoms with Crippen LogP contribution in [0.3, 0.4) is 0 Å². The molecule has 2 amide bonds. The summed E-state index contributed by atoms with van der Waals surface area (Å²) in [5.41, 5.74) is 5.49. The summed E-state index contributed by atoms with van der Waals surface area (Å²) in [5.74, 6) is -2.22. The first-order valence-electron chi connectivity index (χ1n) is 7.02. The number of rotatable bonds is 2. The molecule has 2 rings (SSSR count). The third-order valence-electron chi connectivity index (χ3n) is 4.43. The zero-order valence-electron chi connectivity index (χ0n) is 11.9. The average molecular weight is 307 g/mol. The minimum absolute atomic E-state index is 0.0648. The van der Waals surface area contributed by atoms with Gasteiger partial charge in [0.15, 0.2) is 0 Å². The van der Waals surface area contributed by atoms with E-state index in [4.69, 9.17) is 5.73 Å². The number of amides is 2. The molecule has 0 aromatic heterocycles. The van der Waals surface area contributed by atoms with Gasteiger partial charge in [0.2, 0.25) is 11.8 Å². The molecule has 21 heavy (non-hydrogen) atoms. The molecule has 0 aliphatic carbocycles. The molecule has 0 radical (unpaired) electrons. The van der Waals surface area contributed by atoms with E-state index in [1.54, 1.807) is 4.90 Å². The summed E-state index contributed by atoms with van der Waals surface area (Å²) in [5, 5.41) is 1.91. The smallest absolute Gasteiger partial charge is 0.344 e. The highest BCUT2D eigenvalue weighted by Crippen LogP contribution is 2.32. The Kier molecular flexibility index (Phi) is 4.19. The van der Waals surface area contributed by atoms with Crippen LogP contribution in [0, 0.1) is 11.3 Å². The number of carbonyl (C=O) groups is 2. The summed E-state index contributed by atoms with van der Waals surface area (Å²) < 4.78 is 37.7. The van der Waals surface area contributed by atoms with E-state index < -0.39 is 24.0 Å². The summed E-state index contributed by atoms with van der Waals surface area (Å²) in [4.78, 5) is 25.7. The average Bonchev–Trinajstić information content (AvgIpc) is 2.80. The van der Waals surface area contributed by atoms with Gasteiger partial charge in [0.05, 0.1) is 0 Å². The summed E-state index contributed by atoms with van der Waals surface area (Å²) in [7, 11) is 0. The van der Waals surface area contributed by atoms with Crippen molar-refractivity contribution in [1.29, 1.82) is 0 Å². The number of hydrogen-bond donors (Lipinski definition) is 2. The lowest BCUT2D eigenvalue weighted by Gasteiger charge is -2.32. The molecule has 3 unspecified atom stereocenters. The Hall–Kier alpha value is -1.31. The predicted octanol–water partition coefficient (Wildman–Crippen LogP) is 0.641. The number of halogens is 3. The van der Waals surface area contributed by atoms with Crippen LogP contribution >= 0.6 is 0 Å². The third-order valence-corrected chi connectivity index (χ3v) is 4.43. The van der Waals surface area contributed by atoms with Crippen LogP contribution < -0.4 is 11.1 Å². The molecule has 3 atom stereocenters. The van der Waals surface area contributed by atoms with Crippen molar-refractivity contribution >= 4 is 11.8 Å². The molecule has 5 nitrogen and oxygen atoms in total. The highest BCUT2D eigenvalue weighted by atomic mass is 19.4. The molecule has 2 saturated heterocycles. The van der Waals surface area contributed by atoms with Gasteiger partial charge in [-0.05, 0) is 31.2 Å². The topological polar surface area (TPSA) is 75.4 Å². The van der Waals surface area contributed by atoms with Gasteiger partial charge >= 0.3 is 6.18 Å². The van der Waals surface area contributed by atoms with Crippen LogP contribution in [0.5, 0.6) is 0 Å². The van der Waals surface area contributed by atoms with Crippen LogP contribution in [0.25, 0.3) is 0 Å². The molecule has 2 heterocycles. The Bertz CT molecular complexity index is 441. The lowest BCUT2D eigenvalue weighted by molar-refractivity contribution is -0.172. The first kappa shape index (κ1) is 16.1. The molecular formula is C13H20F3N3O2. The normalized spacial score (nSPS) is 34.0. The number of alkyl halides is 3. The van der Waals surface area contributed by atoms with E-state index in [-0.39, 0.29) is 24.2 Å². The molecule has 0 bridgehead atoms. The van der Waals surface area contributed by atoms with Crippen LogP contribution in [-0.4, -0.2) is 48.6 Å². The van der Waals surface area contributed by atoms with Gasteiger partial charge in [0.1, 0.15) is 12.0 Å². The van der Waals surface area contributed by atoms with Crippen LogP contribution in [0.2, 0.25) is 0 Å². The minimum atomic E-state index is -4.46. The van der Waals surface area contributed by atoms with E-state index in [0.717, 1.165) is 6.42 Å². The van der Waals surface area contributed by atoms with Crippen molar-refractivity contribution in [2.45, 2.75) is 38.4 Å². The van der Waals surface area contributed by atoms with Gasteiger partial charge in [-0.2, -0.15) is 13.2 Å². The number of carbonyl (C=O) groups excluding carboxylic acids is 2. The van der Waals surface area contributed by atoms with Gasteiger partial charge in [0, 0.05) is 13.1 Å². The molecule has 0 aromatic rings. The number of nitrogens with one attached hydrogen (secondary N) is 1. The summed E-state index contributed by atoms with van der Waals surface area (Å²) in [6.45, 7) is 3.35. The molecule has 120 valence electrons. The maximum atomic E-state index is 12.6. The van der Waals surface area contributed by atoms with Crippen molar-refractivity contribution in [3.63, 3.8) is 0 Å². The fourth-order valence-corrected chi connectivity index (χ4v) is 2.89. The lowest BCUT2D eigenvalue weighted by atomic mass is 9.90. The highest BCUT2D eigenvalue weighted by molar-refractivity contribution is 6.01. The fourth-order valence-electron chi connectivity index (χ4n) is 2.89. The van der Waals surface area contributed by atoms with Gasteiger partial charge in [0.25, 0.3) is 0 Å². The van der Waals surface area contributed by atoms with E-state index in [1.807, 2.05) is 12.2 Å². The molecule has 2 aliphatic heterocycles. The number of nitrogens with zero attached hydrogens (tertiary/aromatic N) is 1. The Labute approximate surface area is 121 Å². The van der Waals surface area contributed by atoms with Crippen LogP contribution in [0.4, 0.5) is 13.2 Å². The monoisotopic (exact) mass is 307 g/mol. The van der Waals surface area contributed by atoms with Crippen molar-refractivity contribution in [1.82, 2.24) is 10.2 Å². The van der Waals surface area contributed by atoms with Crippen LogP contribution in [-0.2, 0) is 9.59 Å². The Morgan fingerprint density at radius 3 is 2.62 bits per heavy atom. The van der Waals surface area contributed by atoms with E-state index in [1.165, 1.54) is 0 Å². The molecule has 0 saturated carbocycles. The number of nitrogens with two attached hydrogens (primary N) is 1. The van der Waals surface area contributed by atoms with Crippen molar-refractivity contribution < 1.29 is 22.8 Å². The summed E-state index contributed by atoms with van der Waals surface area (Å²) in [6.07, 6.45) is -4.04. The molecule has 3 N–H and O–H groups in total. The zero-order valence-corrected chi connectivity index (χ0v) is 11.9. The molecule has 8 heteroatoms. The van der Waals surface area contributed by atoms with Crippen LogP contribution in [0.1, 0.15) is 26.2 Å². The SMILES string of the molecule is CC1(CN)CCN(C(=O)C2CCC(C(F)(F)F)NC2=O)C1. The quantitative estimate of drug-likeness (QED) is 0.735. The molecule has 2 fully saturated rings. The molecule has 0 aromatic carbocycles. The van der Waals surface area contributed by atoms with Crippen LogP contribution in [0.15, 0.2) is 0 Å². The van der Waals surface area contributed by atoms with Gasteiger partial charge in [-0.3, -0.25) is 9.59 Å². The van der Waals surface area contributed by atoms with Gasteiger partial charge < -0.3 is 16.0 Å². The third kappa shape index (κ3) is 3.30. The summed E-state index contributed by atoms with van der Waals surface area (Å²) in [6, 6.07) is -1.85. The first-order valence-corrected chi connectivity index (χ1v) is 7.02. The fraction of sp³-hybridized carbons (Fsp3) is 0.846. The van der Waals surface area contributed by atoms with Crippen molar-refractivity contribution in [3.8, 4) is 0 Å². The summed E-state index contributed by atoms with van der Waals surface area (Å²) >= 11 is 0. The maximum Gasteiger partial charge on any atom is 0.408 e. The zero-order chi connectivity index (χ0) is 15.8. The van der Waals surface area contributed by atoms with Crippen molar-refractivity contribution in [2.24, 2.45) is 17.1 Å². The second-order valence-electron chi connectivity index (χ2n) is 6.26. The maximum absolute atomic E-state index is 12.6. The molecular weight excluding hydrogens is 287 g/mol. The lowest BCUT2D eigenvalue weighted by Crippen LogP contribution is -2.55. The molecule has 2 aliphatic rings. The van der Waals surface area contributed by atoms with E-state index in [0.29, 0.717) is 19.6 Å². The number of likely N-dealkylation sites (tertiary alicyclic amines) is 1. The van der Waals surface area contributed by atoms with Crippen molar-refractivity contribution in [3.05, 3.63) is 0 Å². The molecule has 0 spiro atoms. The second-order valence-corrected chi connectivity index (χ2v) is 6.26. The predicted molar refractivity (Wildman–Crippen MR) is 69.1 cm³/mol. The largest absolute Gasteiger partial charge is 0.408 e. The highest BCUT2D eigenvalue weighted by Gasteiger charge is 2.47. The number of piperidine rings is 1. The van der Waals surface area contributed by atoms with E-state index in [9.17, 15) is 22.8 Å². The van der Waals surface area contributed by atoms with Gasteiger partial charge in [-0.15, -0.1) is 0 Å². The Balaban J connectivity index is 1.98. The second kappa shape index (κ2) is 5.47.